The van der Waals surface area contributed by atoms with Crippen molar-refractivity contribution in [3.05, 3.63) is 69.8 Å². The number of benzene rings is 2. The third kappa shape index (κ3) is 5.64. The van der Waals surface area contributed by atoms with Gasteiger partial charge in [-0.1, -0.05) is 47.5 Å². The van der Waals surface area contributed by atoms with Crippen molar-refractivity contribution in [2.45, 2.75) is 59.9 Å². The molecule has 35 heavy (non-hydrogen) atoms. The highest BCUT2D eigenvalue weighted by Gasteiger charge is 2.36. The highest BCUT2D eigenvalue weighted by atomic mass is 16.5. The number of aryl methyl sites for hydroxylation is 4. The predicted octanol–water partition coefficient (Wildman–Crippen LogP) is 4.87. The normalized spacial score (nSPS) is 19.1. The molecule has 2 heterocycles. The summed E-state index contributed by atoms with van der Waals surface area (Å²) < 4.78 is 5.18. The zero-order valence-corrected chi connectivity index (χ0v) is 21.6. The first-order valence-corrected chi connectivity index (χ1v) is 12.7. The van der Waals surface area contributed by atoms with E-state index in [-0.39, 0.29) is 23.8 Å². The van der Waals surface area contributed by atoms with Gasteiger partial charge in [0.25, 0.3) is 5.91 Å². The van der Waals surface area contributed by atoms with Crippen LogP contribution in [-0.4, -0.2) is 53.7 Å². The van der Waals surface area contributed by atoms with Gasteiger partial charge in [0.05, 0.1) is 30.8 Å². The number of hydrogen-bond acceptors (Lipinski definition) is 5. The Kier molecular flexibility index (Phi) is 7.70. The molecule has 6 nitrogen and oxygen atoms in total. The molecule has 2 aliphatic heterocycles. The molecule has 6 heteroatoms. The van der Waals surface area contributed by atoms with Gasteiger partial charge in [0.1, 0.15) is 0 Å². The minimum absolute atomic E-state index is 0.00487. The Bertz CT molecular complexity index is 1130. The summed E-state index contributed by atoms with van der Waals surface area (Å²) in [4.78, 5) is 27.8. The number of nitrogens with zero attached hydrogens (tertiary/aromatic N) is 3. The zero-order valence-electron chi connectivity index (χ0n) is 21.6. The predicted molar refractivity (Wildman–Crippen MR) is 138 cm³/mol. The molecule has 1 fully saturated rings. The maximum absolute atomic E-state index is 13.6. The van der Waals surface area contributed by atoms with Crippen LogP contribution < -0.4 is 0 Å². The van der Waals surface area contributed by atoms with Crippen molar-refractivity contribution in [2.24, 2.45) is 11.0 Å². The number of carbonyl (C=O) groups is 2. The van der Waals surface area contributed by atoms with E-state index in [0.29, 0.717) is 32.7 Å². The van der Waals surface area contributed by atoms with Crippen LogP contribution in [0, 0.1) is 33.6 Å². The van der Waals surface area contributed by atoms with E-state index in [2.05, 4.69) is 69.0 Å². The number of hydrogen-bond donors (Lipinski definition) is 0. The van der Waals surface area contributed by atoms with Crippen LogP contribution in [0.4, 0.5) is 0 Å². The summed E-state index contributed by atoms with van der Waals surface area (Å²) in [6, 6.07) is 12.7. The second-order valence-corrected chi connectivity index (χ2v) is 9.99. The highest BCUT2D eigenvalue weighted by Crippen LogP contribution is 2.36. The van der Waals surface area contributed by atoms with Gasteiger partial charge in [0, 0.05) is 12.0 Å². The molecule has 1 amide bonds. The highest BCUT2D eigenvalue weighted by molar-refractivity contribution is 6.04. The molecule has 0 radical (unpaired) electrons. The van der Waals surface area contributed by atoms with Crippen molar-refractivity contribution in [2.75, 3.05) is 26.2 Å². The minimum atomic E-state index is -0.116. The molecule has 2 aliphatic rings. The van der Waals surface area contributed by atoms with Crippen LogP contribution in [0.2, 0.25) is 0 Å². The lowest BCUT2D eigenvalue weighted by molar-refractivity contribution is -0.149. The molecular formula is C29H37N3O3. The van der Waals surface area contributed by atoms with E-state index in [1.165, 1.54) is 22.3 Å². The first-order valence-electron chi connectivity index (χ1n) is 12.7. The number of likely N-dealkylation sites (tertiary alicyclic amines) is 1. The number of carbonyl (C=O) groups excluding carboxylic acids is 2. The van der Waals surface area contributed by atoms with E-state index >= 15 is 0 Å². The molecule has 0 N–H and O–H groups in total. The Morgan fingerprint density at radius 3 is 2.34 bits per heavy atom. The Labute approximate surface area is 209 Å². The average Bonchev–Trinajstić information content (AvgIpc) is 3.26. The van der Waals surface area contributed by atoms with E-state index in [4.69, 9.17) is 9.84 Å². The van der Waals surface area contributed by atoms with Crippen LogP contribution in [-0.2, 0) is 14.3 Å². The zero-order chi connectivity index (χ0) is 25.1. The van der Waals surface area contributed by atoms with Crippen LogP contribution in [0.5, 0.6) is 0 Å². The molecule has 1 saturated heterocycles. The monoisotopic (exact) mass is 475 g/mol. The fourth-order valence-electron chi connectivity index (χ4n) is 5.25. The van der Waals surface area contributed by atoms with Crippen molar-refractivity contribution in [1.82, 2.24) is 9.91 Å². The van der Waals surface area contributed by atoms with Crippen molar-refractivity contribution in [3.8, 4) is 0 Å². The third-order valence-electron chi connectivity index (χ3n) is 7.22. The Balaban J connectivity index is 1.55. The molecular weight excluding hydrogens is 438 g/mol. The molecule has 4 rings (SSSR count). The van der Waals surface area contributed by atoms with Crippen LogP contribution in [0.3, 0.4) is 0 Å². The Morgan fingerprint density at radius 2 is 1.66 bits per heavy atom. The fraction of sp³-hybridized carbons (Fsp3) is 0.483. The summed E-state index contributed by atoms with van der Waals surface area (Å²) in [6.07, 6.45) is 2.15. The van der Waals surface area contributed by atoms with E-state index in [0.717, 1.165) is 29.7 Å². The van der Waals surface area contributed by atoms with E-state index in [9.17, 15) is 9.59 Å². The van der Waals surface area contributed by atoms with Crippen LogP contribution >= 0.6 is 0 Å². The number of piperidine rings is 1. The summed E-state index contributed by atoms with van der Waals surface area (Å²) in [7, 11) is 0. The minimum Gasteiger partial charge on any atom is -0.466 e. The molecule has 0 aromatic heterocycles. The Morgan fingerprint density at radius 1 is 0.971 bits per heavy atom. The lowest BCUT2D eigenvalue weighted by Gasteiger charge is -2.32. The lowest BCUT2D eigenvalue weighted by Crippen LogP contribution is -2.43. The smallest absolute Gasteiger partial charge is 0.309 e. The van der Waals surface area contributed by atoms with Crippen molar-refractivity contribution in [3.63, 3.8) is 0 Å². The van der Waals surface area contributed by atoms with Gasteiger partial charge in [-0.05, 0) is 77.2 Å². The van der Waals surface area contributed by atoms with Crippen LogP contribution in [0.1, 0.15) is 65.6 Å². The summed E-state index contributed by atoms with van der Waals surface area (Å²) in [5, 5.41) is 6.63. The van der Waals surface area contributed by atoms with Crippen molar-refractivity contribution in [1.29, 1.82) is 0 Å². The summed E-state index contributed by atoms with van der Waals surface area (Å²) in [6.45, 7) is 12.4. The van der Waals surface area contributed by atoms with Gasteiger partial charge >= 0.3 is 5.97 Å². The van der Waals surface area contributed by atoms with E-state index in [1.54, 1.807) is 5.01 Å². The fourth-order valence-corrected chi connectivity index (χ4v) is 5.25. The maximum Gasteiger partial charge on any atom is 0.309 e. The third-order valence-corrected chi connectivity index (χ3v) is 7.22. The topological polar surface area (TPSA) is 62.2 Å². The number of hydrazone groups is 1. The molecule has 0 aliphatic carbocycles. The molecule has 2 aromatic rings. The van der Waals surface area contributed by atoms with Crippen LogP contribution in [0.15, 0.2) is 41.5 Å². The van der Waals surface area contributed by atoms with Gasteiger partial charge in [-0.3, -0.25) is 14.5 Å². The molecule has 0 unspecified atom stereocenters. The molecule has 0 bridgehead atoms. The Hall–Kier alpha value is -2.99. The molecule has 0 saturated carbocycles. The standard InChI is InChI=1S/C29H37N3O3/c1-6-35-29(34)23-11-13-31(14-12-23)18-28(33)32-27(25-16-20(3)7-9-21(25)4)17-26(30-32)24-10-8-19(2)15-22(24)5/h7-10,15-16,23,27H,6,11-14,17-18H2,1-5H3/t27-/m1/s1. The average molecular weight is 476 g/mol. The van der Waals surface area contributed by atoms with Gasteiger partial charge in [0.15, 0.2) is 0 Å². The van der Waals surface area contributed by atoms with Gasteiger partial charge < -0.3 is 4.74 Å². The molecule has 186 valence electrons. The van der Waals surface area contributed by atoms with Crippen LogP contribution in [0.25, 0.3) is 0 Å². The van der Waals surface area contributed by atoms with E-state index in [1.807, 2.05) is 6.92 Å². The number of amides is 1. The summed E-state index contributed by atoms with van der Waals surface area (Å²) >= 11 is 0. The largest absolute Gasteiger partial charge is 0.466 e. The summed E-state index contributed by atoms with van der Waals surface area (Å²) in [5.74, 6) is -0.175. The van der Waals surface area contributed by atoms with Gasteiger partial charge in [0.2, 0.25) is 0 Å². The first kappa shape index (κ1) is 25.1. The number of ether oxygens (including phenoxy) is 1. The molecule has 1 atom stereocenters. The van der Waals surface area contributed by atoms with Gasteiger partial charge in [-0.25, -0.2) is 5.01 Å². The molecule has 2 aromatic carbocycles. The second kappa shape index (κ2) is 10.7. The van der Waals surface area contributed by atoms with Crippen molar-refractivity contribution >= 4 is 17.6 Å². The van der Waals surface area contributed by atoms with Crippen molar-refractivity contribution < 1.29 is 14.3 Å². The maximum atomic E-state index is 13.6. The number of esters is 1. The lowest BCUT2D eigenvalue weighted by atomic mass is 9.92. The first-order chi connectivity index (χ1) is 16.8. The second-order valence-electron chi connectivity index (χ2n) is 9.99. The molecule has 0 spiro atoms. The van der Waals surface area contributed by atoms with Gasteiger partial charge in [-0.15, -0.1) is 0 Å². The van der Waals surface area contributed by atoms with E-state index < -0.39 is 0 Å². The number of rotatable bonds is 6. The SMILES string of the molecule is CCOC(=O)C1CCN(CC(=O)N2N=C(c3ccc(C)cc3C)C[C@@H]2c2cc(C)ccc2C)CC1. The quantitative estimate of drug-likeness (QED) is 0.559. The van der Waals surface area contributed by atoms with Gasteiger partial charge in [-0.2, -0.15) is 5.10 Å². The summed E-state index contributed by atoms with van der Waals surface area (Å²) in [5.41, 5.74) is 7.97.